The summed E-state index contributed by atoms with van der Waals surface area (Å²) in [6.07, 6.45) is 0.388. The van der Waals surface area contributed by atoms with E-state index >= 15 is 0 Å². The van der Waals surface area contributed by atoms with Gasteiger partial charge in [-0.25, -0.2) is 13.2 Å². The SMILES string of the molecule is O=C(Nc1ccc(Cl)c(Cl)c1)N1CCN(C(=O)C2CCS(=O)(=O)C2)CC1. The van der Waals surface area contributed by atoms with Gasteiger partial charge in [0.2, 0.25) is 5.91 Å². The number of urea groups is 1. The lowest BCUT2D eigenvalue weighted by Crippen LogP contribution is -2.53. The quantitative estimate of drug-likeness (QED) is 0.794. The maximum Gasteiger partial charge on any atom is 0.321 e. The molecule has 2 aliphatic rings. The average molecular weight is 420 g/mol. The molecular formula is C16H19Cl2N3O4S. The molecule has 2 heterocycles. The number of amides is 3. The van der Waals surface area contributed by atoms with Gasteiger partial charge in [0, 0.05) is 31.9 Å². The molecule has 0 spiro atoms. The average Bonchev–Trinajstić information content (AvgIpc) is 2.97. The van der Waals surface area contributed by atoms with Crippen LogP contribution in [0.15, 0.2) is 18.2 Å². The van der Waals surface area contributed by atoms with Crippen molar-refractivity contribution >= 4 is 50.7 Å². The zero-order valence-corrected chi connectivity index (χ0v) is 16.3. The van der Waals surface area contributed by atoms with E-state index in [-0.39, 0.29) is 23.4 Å². The van der Waals surface area contributed by atoms with Gasteiger partial charge in [0.1, 0.15) is 0 Å². The highest BCUT2D eigenvalue weighted by Gasteiger charge is 2.36. The van der Waals surface area contributed by atoms with E-state index in [0.29, 0.717) is 48.3 Å². The standard InChI is InChI=1S/C16H19Cl2N3O4S/c17-13-2-1-12(9-14(13)18)19-16(23)21-6-4-20(5-7-21)15(22)11-3-8-26(24,25)10-11/h1-2,9,11H,3-8,10H2,(H,19,23). The van der Waals surface area contributed by atoms with Crippen molar-refractivity contribution < 1.29 is 18.0 Å². The van der Waals surface area contributed by atoms with Gasteiger partial charge in [0.25, 0.3) is 0 Å². The fraction of sp³-hybridized carbons (Fsp3) is 0.500. The van der Waals surface area contributed by atoms with E-state index in [1.165, 1.54) is 0 Å². The zero-order chi connectivity index (χ0) is 18.9. The number of piperazine rings is 1. The molecule has 10 heteroatoms. The molecule has 2 aliphatic heterocycles. The van der Waals surface area contributed by atoms with E-state index in [9.17, 15) is 18.0 Å². The summed E-state index contributed by atoms with van der Waals surface area (Å²) in [5.74, 6) is -0.563. The number of anilines is 1. The Kier molecular flexibility index (Phi) is 5.64. The van der Waals surface area contributed by atoms with Crippen LogP contribution in [0.25, 0.3) is 0 Å². The number of nitrogens with one attached hydrogen (secondary N) is 1. The third-order valence-electron chi connectivity index (χ3n) is 4.63. The lowest BCUT2D eigenvalue weighted by atomic mass is 10.1. The lowest BCUT2D eigenvalue weighted by molar-refractivity contribution is -0.136. The molecular weight excluding hydrogens is 401 g/mol. The topological polar surface area (TPSA) is 86.8 Å². The monoisotopic (exact) mass is 419 g/mol. The molecule has 7 nitrogen and oxygen atoms in total. The summed E-state index contributed by atoms with van der Waals surface area (Å²) in [6, 6.07) is 4.55. The van der Waals surface area contributed by atoms with Crippen molar-refractivity contribution in [3.05, 3.63) is 28.2 Å². The Bertz CT molecular complexity index is 823. The summed E-state index contributed by atoms with van der Waals surface area (Å²) in [6.45, 7) is 1.56. The van der Waals surface area contributed by atoms with E-state index in [0.717, 1.165) is 0 Å². The van der Waals surface area contributed by atoms with Gasteiger partial charge in [-0.05, 0) is 24.6 Å². The van der Waals surface area contributed by atoms with Gasteiger partial charge in [0.15, 0.2) is 9.84 Å². The lowest BCUT2D eigenvalue weighted by Gasteiger charge is -2.35. The molecule has 3 amide bonds. The molecule has 0 radical (unpaired) electrons. The number of benzene rings is 1. The van der Waals surface area contributed by atoms with Crippen LogP contribution in [0.5, 0.6) is 0 Å². The van der Waals surface area contributed by atoms with Crippen molar-refractivity contribution in [1.82, 2.24) is 9.80 Å². The highest BCUT2D eigenvalue weighted by molar-refractivity contribution is 7.91. The van der Waals surface area contributed by atoms with Gasteiger partial charge in [0.05, 0.1) is 27.5 Å². The van der Waals surface area contributed by atoms with Crippen molar-refractivity contribution in [1.29, 1.82) is 0 Å². The minimum absolute atomic E-state index is 0.0656. The third-order valence-corrected chi connectivity index (χ3v) is 7.14. The molecule has 1 aromatic carbocycles. The fourth-order valence-corrected chi connectivity index (χ4v) is 5.19. The smallest absolute Gasteiger partial charge is 0.321 e. The first kappa shape index (κ1) is 19.3. The van der Waals surface area contributed by atoms with Crippen LogP contribution in [0, 0.1) is 5.92 Å². The van der Waals surface area contributed by atoms with Gasteiger partial charge in [-0.15, -0.1) is 0 Å². The molecule has 26 heavy (non-hydrogen) atoms. The second-order valence-corrected chi connectivity index (χ2v) is 9.51. The number of rotatable bonds is 2. The molecule has 1 N–H and O–H groups in total. The molecule has 0 aliphatic carbocycles. The minimum atomic E-state index is -3.09. The molecule has 142 valence electrons. The number of sulfone groups is 1. The molecule has 0 aromatic heterocycles. The van der Waals surface area contributed by atoms with Crippen molar-refractivity contribution in [2.75, 3.05) is 43.0 Å². The van der Waals surface area contributed by atoms with Crippen LogP contribution in [0.1, 0.15) is 6.42 Å². The Balaban J connectivity index is 1.52. The van der Waals surface area contributed by atoms with Gasteiger partial charge in [-0.3, -0.25) is 4.79 Å². The van der Waals surface area contributed by atoms with E-state index in [1.54, 1.807) is 28.0 Å². The summed E-state index contributed by atoms with van der Waals surface area (Å²) in [5.41, 5.74) is 0.541. The van der Waals surface area contributed by atoms with Gasteiger partial charge in [-0.1, -0.05) is 23.2 Å². The van der Waals surface area contributed by atoms with Crippen LogP contribution in [-0.4, -0.2) is 67.8 Å². The summed E-state index contributed by atoms with van der Waals surface area (Å²) in [5, 5.41) is 3.51. The predicted octanol–water partition coefficient (Wildman–Crippen LogP) is 2.10. The number of hydrogen-bond acceptors (Lipinski definition) is 4. The fourth-order valence-electron chi connectivity index (χ4n) is 3.15. The molecule has 2 saturated heterocycles. The van der Waals surface area contributed by atoms with Crippen LogP contribution in [0.4, 0.5) is 10.5 Å². The predicted molar refractivity (Wildman–Crippen MR) is 100 cm³/mol. The van der Waals surface area contributed by atoms with Crippen molar-refractivity contribution in [3.8, 4) is 0 Å². The van der Waals surface area contributed by atoms with Crippen molar-refractivity contribution in [2.24, 2.45) is 5.92 Å². The Hall–Kier alpha value is -1.51. The number of nitrogens with zero attached hydrogens (tertiary/aromatic N) is 2. The van der Waals surface area contributed by atoms with Crippen molar-refractivity contribution in [2.45, 2.75) is 6.42 Å². The zero-order valence-electron chi connectivity index (χ0n) is 14.0. The highest BCUT2D eigenvalue weighted by atomic mass is 35.5. The minimum Gasteiger partial charge on any atom is -0.339 e. The van der Waals surface area contributed by atoms with Crippen LogP contribution in [0.2, 0.25) is 10.0 Å². The highest BCUT2D eigenvalue weighted by Crippen LogP contribution is 2.25. The van der Waals surface area contributed by atoms with Gasteiger partial charge < -0.3 is 15.1 Å². The maximum atomic E-state index is 12.4. The summed E-state index contributed by atoms with van der Waals surface area (Å²) in [7, 11) is -3.09. The molecule has 3 rings (SSSR count). The Labute approximate surface area is 162 Å². The maximum absolute atomic E-state index is 12.4. The molecule has 1 atom stereocenters. The summed E-state index contributed by atoms with van der Waals surface area (Å²) < 4.78 is 23.1. The van der Waals surface area contributed by atoms with E-state index in [2.05, 4.69) is 5.32 Å². The van der Waals surface area contributed by atoms with Crippen LogP contribution in [-0.2, 0) is 14.6 Å². The normalized spacial score (nSPS) is 22.3. The van der Waals surface area contributed by atoms with Crippen molar-refractivity contribution in [3.63, 3.8) is 0 Å². The first-order chi connectivity index (χ1) is 12.2. The first-order valence-electron chi connectivity index (χ1n) is 8.25. The van der Waals surface area contributed by atoms with E-state index < -0.39 is 15.8 Å². The molecule has 0 saturated carbocycles. The summed E-state index contributed by atoms with van der Waals surface area (Å²) >= 11 is 11.8. The summed E-state index contributed by atoms with van der Waals surface area (Å²) in [4.78, 5) is 28.0. The Morgan fingerprint density at radius 3 is 2.27 bits per heavy atom. The van der Waals surface area contributed by atoms with E-state index in [1.807, 2.05) is 0 Å². The number of hydrogen-bond donors (Lipinski definition) is 1. The second-order valence-electron chi connectivity index (χ2n) is 6.47. The van der Waals surface area contributed by atoms with Gasteiger partial charge >= 0.3 is 6.03 Å². The Morgan fingerprint density at radius 1 is 1.04 bits per heavy atom. The molecule has 2 fully saturated rings. The van der Waals surface area contributed by atoms with Crippen LogP contribution < -0.4 is 5.32 Å². The van der Waals surface area contributed by atoms with Crippen LogP contribution >= 0.6 is 23.2 Å². The first-order valence-corrected chi connectivity index (χ1v) is 10.8. The number of carbonyl (C=O) groups excluding carboxylic acids is 2. The second kappa shape index (κ2) is 7.62. The van der Waals surface area contributed by atoms with Gasteiger partial charge in [-0.2, -0.15) is 0 Å². The number of halogens is 2. The Morgan fingerprint density at radius 2 is 1.69 bits per heavy atom. The van der Waals surface area contributed by atoms with Crippen LogP contribution in [0.3, 0.4) is 0 Å². The molecule has 1 unspecified atom stereocenters. The van der Waals surface area contributed by atoms with E-state index in [4.69, 9.17) is 23.2 Å². The largest absolute Gasteiger partial charge is 0.339 e. The molecule has 0 bridgehead atoms. The number of carbonyl (C=O) groups is 2. The molecule has 1 aromatic rings. The third kappa shape index (κ3) is 4.42.